The highest BCUT2D eigenvalue weighted by Gasteiger charge is 2.24. The summed E-state index contributed by atoms with van der Waals surface area (Å²) in [6.45, 7) is 1.92. The average molecular weight is 500 g/mol. The molecule has 2 atom stereocenters. The molecule has 8 heteroatoms. The lowest BCUT2D eigenvalue weighted by Gasteiger charge is -2.21. The molecule has 0 aliphatic heterocycles. The Hall–Kier alpha value is -4.48. The molecule has 0 fully saturated rings. The largest absolute Gasteiger partial charge is 0.478 e. The van der Waals surface area contributed by atoms with E-state index in [9.17, 15) is 19.6 Å². The van der Waals surface area contributed by atoms with Crippen LogP contribution in [-0.2, 0) is 33.8 Å². The third-order valence-corrected chi connectivity index (χ3v) is 5.58. The van der Waals surface area contributed by atoms with Gasteiger partial charge in [0, 0.05) is 6.42 Å². The Morgan fingerprint density at radius 3 is 2.32 bits per heavy atom. The van der Waals surface area contributed by atoms with Crippen LogP contribution in [0.1, 0.15) is 32.6 Å². The number of nitrogens with one attached hydrogen (secondary N) is 2. The van der Waals surface area contributed by atoms with Crippen LogP contribution in [0.2, 0.25) is 0 Å². The summed E-state index contributed by atoms with van der Waals surface area (Å²) in [6.07, 6.45) is 0.383. The molecule has 3 N–H and O–H groups in total. The first-order valence-corrected chi connectivity index (χ1v) is 11.8. The van der Waals surface area contributed by atoms with Gasteiger partial charge in [0.25, 0.3) is 0 Å². The van der Waals surface area contributed by atoms with E-state index in [1.807, 2.05) is 67.6 Å². The smallest absolute Gasteiger partial charge is 0.335 e. The van der Waals surface area contributed by atoms with E-state index in [2.05, 4.69) is 10.6 Å². The number of nitriles is 1. The molecule has 3 aromatic rings. The lowest BCUT2D eigenvalue weighted by Crippen LogP contribution is -2.51. The highest BCUT2D eigenvalue weighted by atomic mass is 16.5. The van der Waals surface area contributed by atoms with Gasteiger partial charge in [0.2, 0.25) is 11.8 Å². The predicted octanol–water partition coefficient (Wildman–Crippen LogP) is 3.19. The zero-order valence-corrected chi connectivity index (χ0v) is 20.5. The lowest BCUT2D eigenvalue weighted by molar-refractivity contribution is -0.129. The first-order chi connectivity index (χ1) is 17.8. The number of carboxylic acids is 1. The molecule has 0 aliphatic carbocycles. The van der Waals surface area contributed by atoms with E-state index < -0.39 is 24.0 Å². The monoisotopic (exact) mass is 499 g/mol. The Labute approximate surface area is 215 Å². The van der Waals surface area contributed by atoms with E-state index in [0.717, 1.165) is 16.7 Å². The minimum Gasteiger partial charge on any atom is -0.478 e. The van der Waals surface area contributed by atoms with Crippen molar-refractivity contribution >= 4 is 17.8 Å². The number of hydrogen-bond acceptors (Lipinski definition) is 5. The number of aryl methyl sites for hydroxylation is 1. The fraction of sp³-hybridized carbons (Fsp3) is 0.241. The van der Waals surface area contributed by atoms with Crippen LogP contribution in [0.25, 0.3) is 0 Å². The van der Waals surface area contributed by atoms with E-state index >= 15 is 0 Å². The van der Waals surface area contributed by atoms with Crippen molar-refractivity contribution < 1.29 is 24.2 Å². The number of rotatable bonds is 12. The van der Waals surface area contributed by atoms with E-state index in [4.69, 9.17) is 9.84 Å². The summed E-state index contributed by atoms with van der Waals surface area (Å²) in [6, 6.07) is 23.3. The number of carbonyl (C=O) groups is 3. The molecule has 8 nitrogen and oxygen atoms in total. The Bertz CT molecular complexity index is 1270. The number of benzene rings is 3. The molecule has 0 saturated heterocycles. The van der Waals surface area contributed by atoms with Gasteiger partial charge in [0.05, 0.1) is 31.3 Å². The Morgan fingerprint density at radius 1 is 0.919 bits per heavy atom. The summed E-state index contributed by atoms with van der Waals surface area (Å²) < 4.78 is 5.56. The SMILES string of the molecule is Cc1cccc(C[C@H](NC(=O)Cc2ccccc2)C(=O)N[C@H](C#N)COCc2cccc(C(=O)O)c2)c1. The summed E-state index contributed by atoms with van der Waals surface area (Å²) in [4.78, 5) is 37.0. The van der Waals surface area contributed by atoms with Gasteiger partial charge >= 0.3 is 5.97 Å². The van der Waals surface area contributed by atoms with Crippen LogP contribution in [0.4, 0.5) is 0 Å². The molecule has 190 valence electrons. The topological polar surface area (TPSA) is 129 Å². The summed E-state index contributed by atoms with van der Waals surface area (Å²) in [5.41, 5.74) is 3.50. The predicted molar refractivity (Wildman–Crippen MR) is 138 cm³/mol. The second-order valence-corrected chi connectivity index (χ2v) is 8.69. The first-order valence-electron chi connectivity index (χ1n) is 11.8. The van der Waals surface area contributed by atoms with Gasteiger partial charge in [-0.15, -0.1) is 0 Å². The maximum Gasteiger partial charge on any atom is 0.335 e. The van der Waals surface area contributed by atoms with E-state index in [-0.39, 0.29) is 37.5 Å². The van der Waals surface area contributed by atoms with Crippen molar-refractivity contribution in [2.24, 2.45) is 0 Å². The molecule has 0 unspecified atom stereocenters. The fourth-order valence-corrected chi connectivity index (χ4v) is 3.78. The maximum atomic E-state index is 13.1. The standard InChI is InChI=1S/C29H29N3O5/c1-20-7-5-10-22(13-20)15-26(32-27(33)16-21-8-3-2-4-9-21)28(34)31-25(17-30)19-37-18-23-11-6-12-24(14-23)29(35)36/h2-14,25-26H,15-16,18-19H2,1H3,(H,31,34)(H,32,33)(H,35,36)/t25-,26+/m1/s1. The zero-order chi connectivity index (χ0) is 26.6. The Balaban J connectivity index is 1.63. The van der Waals surface area contributed by atoms with Crippen molar-refractivity contribution in [2.75, 3.05) is 6.61 Å². The molecule has 0 heterocycles. The minimum absolute atomic E-state index is 0.0791. The van der Waals surface area contributed by atoms with Crippen LogP contribution >= 0.6 is 0 Å². The average Bonchev–Trinajstić information content (AvgIpc) is 2.88. The number of carboxylic acid groups (broad SMARTS) is 1. The highest BCUT2D eigenvalue weighted by molar-refractivity contribution is 5.89. The molecular weight excluding hydrogens is 470 g/mol. The third-order valence-electron chi connectivity index (χ3n) is 5.58. The van der Waals surface area contributed by atoms with E-state index in [1.54, 1.807) is 12.1 Å². The maximum absolute atomic E-state index is 13.1. The van der Waals surface area contributed by atoms with E-state index in [0.29, 0.717) is 5.56 Å². The molecule has 0 spiro atoms. The van der Waals surface area contributed by atoms with Crippen molar-refractivity contribution in [1.29, 1.82) is 5.26 Å². The summed E-state index contributed by atoms with van der Waals surface area (Å²) in [7, 11) is 0. The molecule has 0 saturated carbocycles. The first kappa shape index (κ1) is 27.1. The molecule has 2 amide bonds. The van der Waals surface area contributed by atoms with Gasteiger partial charge < -0.3 is 20.5 Å². The second-order valence-electron chi connectivity index (χ2n) is 8.69. The normalized spacial score (nSPS) is 12.1. The number of aromatic carboxylic acids is 1. The van der Waals surface area contributed by atoms with Gasteiger partial charge in [0.1, 0.15) is 12.1 Å². The zero-order valence-electron chi connectivity index (χ0n) is 20.5. The molecular formula is C29H29N3O5. The fourth-order valence-electron chi connectivity index (χ4n) is 3.78. The molecule has 3 aromatic carbocycles. The van der Waals surface area contributed by atoms with Gasteiger partial charge in [-0.05, 0) is 35.7 Å². The highest BCUT2D eigenvalue weighted by Crippen LogP contribution is 2.10. The quantitative estimate of drug-likeness (QED) is 0.351. The number of nitrogens with zero attached hydrogens (tertiary/aromatic N) is 1. The molecule has 37 heavy (non-hydrogen) atoms. The number of hydrogen-bond donors (Lipinski definition) is 3. The van der Waals surface area contributed by atoms with Crippen LogP contribution in [0.3, 0.4) is 0 Å². The third kappa shape index (κ3) is 8.91. The van der Waals surface area contributed by atoms with Crippen molar-refractivity contribution in [3.05, 3.63) is 107 Å². The number of ether oxygens (including phenoxy) is 1. The molecule has 0 aromatic heterocycles. The van der Waals surface area contributed by atoms with Gasteiger partial charge in [-0.3, -0.25) is 9.59 Å². The van der Waals surface area contributed by atoms with Crippen molar-refractivity contribution in [2.45, 2.75) is 38.5 Å². The van der Waals surface area contributed by atoms with Crippen LogP contribution in [0.5, 0.6) is 0 Å². The minimum atomic E-state index is -1.04. The van der Waals surface area contributed by atoms with Crippen molar-refractivity contribution in [3.63, 3.8) is 0 Å². The van der Waals surface area contributed by atoms with Gasteiger partial charge in [-0.1, -0.05) is 72.3 Å². The second kappa shape index (κ2) is 13.6. The summed E-state index contributed by atoms with van der Waals surface area (Å²) in [5.74, 6) is -1.84. The van der Waals surface area contributed by atoms with Crippen LogP contribution < -0.4 is 10.6 Å². The van der Waals surface area contributed by atoms with Crippen molar-refractivity contribution in [1.82, 2.24) is 10.6 Å². The molecule has 3 rings (SSSR count). The lowest BCUT2D eigenvalue weighted by atomic mass is 10.0. The molecule has 0 aliphatic rings. The summed E-state index contributed by atoms with van der Waals surface area (Å²) >= 11 is 0. The number of amides is 2. The Kier molecular flexibility index (Phi) is 9.94. The van der Waals surface area contributed by atoms with E-state index in [1.165, 1.54) is 12.1 Å². The van der Waals surface area contributed by atoms with Gasteiger partial charge in [0.15, 0.2) is 0 Å². The van der Waals surface area contributed by atoms with Crippen LogP contribution in [0.15, 0.2) is 78.9 Å². The van der Waals surface area contributed by atoms with Gasteiger partial charge in [-0.2, -0.15) is 5.26 Å². The Morgan fingerprint density at radius 2 is 1.62 bits per heavy atom. The van der Waals surface area contributed by atoms with Crippen molar-refractivity contribution in [3.8, 4) is 6.07 Å². The summed E-state index contributed by atoms with van der Waals surface area (Å²) in [5, 5.41) is 24.1. The number of carbonyl (C=O) groups excluding carboxylic acids is 2. The molecule has 0 bridgehead atoms. The van der Waals surface area contributed by atoms with Gasteiger partial charge in [-0.25, -0.2) is 4.79 Å². The molecule has 0 radical (unpaired) electrons. The van der Waals surface area contributed by atoms with Crippen LogP contribution in [-0.4, -0.2) is 41.6 Å². The van der Waals surface area contributed by atoms with Crippen LogP contribution in [0, 0.1) is 18.3 Å².